The number of pyridine rings is 2. The van der Waals surface area contributed by atoms with Gasteiger partial charge >= 0.3 is 0 Å². The number of nitrogens with zero attached hydrogens (tertiary/aromatic N) is 3. The van der Waals surface area contributed by atoms with Gasteiger partial charge in [-0.05, 0) is 43.5 Å². The van der Waals surface area contributed by atoms with Crippen LogP contribution in [-0.4, -0.2) is 30.0 Å². The maximum absolute atomic E-state index is 12.3. The number of hydrogen-bond acceptors (Lipinski definition) is 5. The van der Waals surface area contributed by atoms with Crippen LogP contribution in [-0.2, 0) is 11.2 Å². The van der Waals surface area contributed by atoms with Crippen molar-refractivity contribution in [2.75, 3.05) is 24.3 Å². The van der Waals surface area contributed by atoms with Gasteiger partial charge in [-0.25, -0.2) is 4.98 Å². The Morgan fingerprint density at radius 3 is 2.76 bits per heavy atom. The van der Waals surface area contributed by atoms with Gasteiger partial charge in [-0.1, -0.05) is 0 Å². The number of amides is 1. The Bertz CT molecular complexity index is 893. The number of aryl methyl sites for hydroxylation is 1. The third kappa shape index (κ3) is 4.04. The second-order valence-corrected chi connectivity index (χ2v) is 5.99. The summed E-state index contributed by atoms with van der Waals surface area (Å²) in [5.41, 5.74) is 2.49. The van der Waals surface area contributed by atoms with E-state index < -0.39 is 5.56 Å². The average Bonchev–Trinajstić information content (AvgIpc) is 2.55. The molecule has 25 heavy (non-hydrogen) atoms. The Kier molecular flexibility index (Phi) is 5.55. The summed E-state index contributed by atoms with van der Waals surface area (Å²) in [5, 5.41) is 12.0. The predicted octanol–water partition coefficient (Wildman–Crippen LogP) is 1.90. The fourth-order valence-electron chi connectivity index (χ4n) is 2.72. The summed E-state index contributed by atoms with van der Waals surface area (Å²) >= 11 is 0. The van der Waals surface area contributed by atoms with Gasteiger partial charge in [0.25, 0.3) is 5.56 Å². The molecule has 2 N–H and O–H groups in total. The number of nitrogens with one attached hydrogen (secondary N) is 2. The second-order valence-electron chi connectivity index (χ2n) is 5.99. The molecule has 0 aliphatic carbocycles. The number of carbonyl (C=O) groups is 1. The van der Waals surface area contributed by atoms with Crippen molar-refractivity contribution in [1.29, 1.82) is 5.26 Å². The molecule has 2 rings (SSSR count). The van der Waals surface area contributed by atoms with E-state index in [-0.39, 0.29) is 17.9 Å². The van der Waals surface area contributed by atoms with E-state index in [4.69, 9.17) is 5.26 Å². The molecule has 0 aromatic carbocycles. The van der Waals surface area contributed by atoms with Crippen LogP contribution in [0, 0.1) is 25.2 Å². The first kappa shape index (κ1) is 18.2. The van der Waals surface area contributed by atoms with Gasteiger partial charge in [-0.2, -0.15) is 5.26 Å². The first-order valence-electron chi connectivity index (χ1n) is 7.89. The van der Waals surface area contributed by atoms with E-state index in [0.29, 0.717) is 29.2 Å². The summed E-state index contributed by atoms with van der Waals surface area (Å²) in [6.45, 7) is 3.51. The molecule has 7 heteroatoms. The van der Waals surface area contributed by atoms with E-state index in [0.717, 1.165) is 5.56 Å². The van der Waals surface area contributed by atoms with Crippen LogP contribution in [0.3, 0.4) is 0 Å². The van der Waals surface area contributed by atoms with Gasteiger partial charge in [0.2, 0.25) is 5.91 Å². The zero-order chi connectivity index (χ0) is 18.6. The standard InChI is InChI=1S/C18H21N5O2/c1-11-13(12(2)21-18(25)14(11)10-19)7-8-16(24)22-15-6-5-9-20-17(15)23(3)4/h5-6,9H,7-8H2,1-4H3,(H,21,25)(H,22,24). The molecule has 2 aromatic heterocycles. The van der Waals surface area contributed by atoms with Crippen LogP contribution in [0.5, 0.6) is 0 Å². The number of rotatable bonds is 5. The number of anilines is 2. The highest BCUT2D eigenvalue weighted by Gasteiger charge is 2.14. The minimum absolute atomic E-state index is 0.100. The quantitative estimate of drug-likeness (QED) is 0.866. The van der Waals surface area contributed by atoms with E-state index in [1.807, 2.05) is 25.1 Å². The molecule has 0 spiro atoms. The van der Waals surface area contributed by atoms with Crippen molar-refractivity contribution < 1.29 is 4.79 Å². The molecular formula is C18H21N5O2. The van der Waals surface area contributed by atoms with Crippen molar-refractivity contribution in [2.24, 2.45) is 0 Å². The van der Waals surface area contributed by atoms with Crippen LogP contribution >= 0.6 is 0 Å². The first-order chi connectivity index (χ1) is 11.8. The van der Waals surface area contributed by atoms with Crippen molar-refractivity contribution in [3.63, 3.8) is 0 Å². The Morgan fingerprint density at radius 2 is 2.12 bits per heavy atom. The Labute approximate surface area is 146 Å². The largest absolute Gasteiger partial charge is 0.361 e. The van der Waals surface area contributed by atoms with Crippen molar-refractivity contribution >= 4 is 17.4 Å². The maximum Gasteiger partial charge on any atom is 0.266 e. The Hall–Kier alpha value is -3.14. The van der Waals surface area contributed by atoms with Crippen LogP contribution in [0.15, 0.2) is 23.1 Å². The number of H-pyrrole nitrogens is 1. The smallest absolute Gasteiger partial charge is 0.266 e. The van der Waals surface area contributed by atoms with Gasteiger partial charge < -0.3 is 15.2 Å². The molecule has 130 valence electrons. The number of aromatic nitrogens is 2. The van der Waals surface area contributed by atoms with Gasteiger partial charge in [-0.3, -0.25) is 9.59 Å². The van der Waals surface area contributed by atoms with Gasteiger partial charge in [0.1, 0.15) is 11.6 Å². The zero-order valence-corrected chi connectivity index (χ0v) is 14.8. The van der Waals surface area contributed by atoms with Crippen LogP contribution in [0.2, 0.25) is 0 Å². The van der Waals surface area contributed by atoms with Gasteiger partial charge in [-0.15, -0.1) is 0 Å². The number of hydrogen-bond donors (Lipinski definition) is 2. The predicted molar refractivity (Wildman–Crippen MR) is 96.8 cm³/mol. The van der Waals surface area contributed by atoms with Crippen molar-refractivity contribution in [3.05, 3.63) is 51.1 Å². The molecule has 0 aliphatic heterocycles. The summed E-state index contributed by atoms with van der Waals surface area (Å²) in [6.07, 6.45) is 2.34. The van der Waals surface area contributed by atoms with Gasteiger partial charge in [0.05, 0.1) is 5.69 Å². The average molecular weight is 339 g/mol. The lowest BCUT2D eigenvalue weighted by Gasteiger charge is -2.16. The lowest BCUT2D eigenvalue weighted by atomic mass is 9.99. The third-order valence-electron chi connectivity index (χ3n) is 4.01. The van der Waals surface area contributed by atoms with Crippen molar-refractivity contribution in [2.45, 2.75) is 26.7 Å². The fourth-order valence-corrected chi connectivity index (χ4v) is 2.72. The molecule has 0 saturated carbocycles. The number of nitriles is 1. The molecule has 7 nitrogen and oxygen atoms in total. The molecule has 0 saturated heterocycles. The highest BCUT2D eigenvalue weighted by molar-refractivity contribution is 5.93. The highest BCUT2D eigenvalue weighted by atomic mass is 16.1. The van der Waals surface area contributed by atoms with Gasteiger partial charge in [0.15, 0.2) is 5.82 Å². The topological polar surface area (TPSA) is 102 Å². The van der Waals surface area contributed by atoms with E-state index in [2.05, 4.69) is 15.3 Å². The zero-order valence-electron chi connectivity index (χ0n) is 14.8. The Morgan fingerprint density at radius 1 is 1.40 bits per heavy atom. The highest BCUT2D eigenvalue weighted by Crippen LogP contribution is 2.21. The minimum atomic E-state index is -0.392. The summed E-state index contributed by atoms with van der Waals surface area (Å²) in [5.74, 6) is 0.527. The Balaban J connectivity index is 2.14. The summed E-state index contributed by atoms with van der Waals surface area (Å²) < 4.78 is 0. The van der Waals surface area contributed by atoms with Crippen LogP contribution in [0.1, 0.15) is 28.8 Å². The van der Waals surface area contributed by atoms with Crippen LogP contribution in [0.4, 0.5) is 11.5 Å². The van der Waals surface area contributed by atoms with Crippen LogP contribution < -0.4 is 15.8 Å². The summed E-state index contributed by atoms with van der Waals surface area (Å²) in [7, 11) is 3.71. The normalized spacial score (nSPS) is 10.2. The first-order valence-corrected chi connectivity index (χ1v) is 7.89. The lowest BCUT2D eigenvalue weighted by molar-refractivity contribution is -0.116. The van der Waals surface area contributed by atoms with Crippen molar-refractivity contribution in [1.82, 2.24) is 9.97 Å². The molecule has 1 amide bonds. The molecule has 0 fully saturated rings. The molecule has 0 atom stereocenters. The molecule has 0 radical (unpaired) electrons. The molecular weight excluding hydrogens is 318 g/mol. The van der Waals surface area contributed by atoms with E-state index in [1.165, 1.54) is 0 Å². The van der Waals surface area contributed by atoms with E-state index >= 15 is 0 Å². The van der Waals surface area contributed by atoms with Crippen LogP contribution in [0.25, 0.3) is 0 Å². The minimum Gasteiger partial charge on any atom is -0.361 e. The number of aromatic amines is 1. The molecule has 0 aliphatic rings. The van der Waals surface area contributed by atoms with Crippen molar-refractivity contribution in [3.8, 4) is 6.07 Å². The maximum atomic E-state index is 12.3. The SMILES string of the molecule is Cc1[nH]c(=O)c(C#N)c(C)c1CCC(=O)Nc1cccnc1N(C)C. The summed E-state index contributed by atoms with van der Waals surface area (Å²) in [6, 6.07) is 5.48. The third-order valence-corrected chi connectivity index (χ3v) is 4.01. The van der Waals surface area contributed by atoms with E-state index in [1.54, 1.807) is 32.2 Å². The fraction of sp³-hybridized carbons (Fsp3) is 0.333. The molecule has 2 heterocycles. The molecule has 0 bridgehead atoms. The monoisotopic (exact) mass is 339 g/mol. The molecule has 0 unspecified atom stereocenters. The molecule has 2 aromatic rings. The lowest BCUT2D eigenvalue weighted by Crippen LogP contribution is -2.20. The number of carbonyl (C=O) groups excluding carboxylic acids is 1. The second kappa shape index (κ2) is 7.62. The van der Waals surface area contributed by atoms with Gasteiger partial charge in [0, 0.05) is 32.4 Å². The van der Waals surface area contributed by atoms with E-state index in [9.17, 15) is 9.59 Å². The summed E-state index contributed by atoms with van der Waals surface area (Å²) in [4.78, 5) is 32.8.